The molecule has 0 bridgehead atoms. The van der Waals surface area contributed by atoms with Gasteiger partial charge in [-0.2, -0.15) is 0 Å². The zero-order valence-corrected chi connectivity index (χ0v) is 11.7. The van der Waals surface area contributed by atoms with Gasteiger partial charge in [0.2, 0.25) is 0 Å². The van der Waals surface area contributed by atoms with E-state index in [0.29, 0.717) is 5.92 Å². The van der Waals surface area contributed by atoms with Crippen LogP contribution in [0.2, 0.25) is 0 Å². The van der Waals surface area contributed by atoms with Gasteiger partial charge in [0.15, 0.2) is 0 Å². The maximum Gasteiger partial charge on any atom is 0.136 e. The molecule has 2 aliphatic rings. The minimum atomic E-state index is 0.0184. The maximum atomic E-state index is 5.62. The molecule has 2 saturated carbocycles. The zero-order chi connectivity index (χ0) is 13.3. The maximum absolute atomic E-state index is 5.62. The van der Waals surface area contributed by atoms with Gasteiger partial charge < -0.3 is 15.4 Å². The number of nitrogens with zero attached hydrogens (tertiary/aromatic N) is 2. The van der Waals surface area contributed by atoms with E-state index >= 15 is 0 Å². The second-order valence-corrected chi connectivity index (χ2v) is 5.62. The van der Waals surface area contributed by atoms with Gasteiger partial charge in [0.1, 0.15) is 17.5 Å². The van der Waals surface area contributed by atoms with Crippen LogP contribution in [0.15, 0.2) is 6.07 Å². The molecule has 2 fully saturated rings. The zero-order valence-electron chi connectivity index (χ0n) is 11.7. The molecule has 19 heavy (non-hydrogen) atoms. The van der Waals surface area contributed by atoms with Crippen LogP contribution in [0.25, 0.3) is 0 Å². The fraction of sp³-hybridized carbons (Fsp3) is 0.714. The fourth-order valence-corrected chi connectivity index (χ4v) is 2.48. The van der Waals surface area contributed by atoms with Gasteiger partial charge in [-0.15, -0.1) is 0 Å². The molecular weight excluding hydrogens is 240 g/mol. The van der Waals surface area contributed by atoms with Gasteiger partial charge in [0.25, 0.3) is 0 Å². The third-order valence-corrected chi connectivity index (χ3v) is 4.23. The van der Waals surface area contributed by atoms with Gasteiger partial charge >= 0.3 is 0 Å². The van der Waals surface area contributed by atoms with Crippen molar-refractivity contribution in [1.29, 1.82) is 0 Å². The number of aromatic nitrogens is 2. The van der Waals surface area contributed by atoms with Crippen LogP contribution >= 0.6 is 0 Å². The first-order valence-electron chi connectivity index (χ1n) is 7.10. The summed E-state index contributed by atoms with van der Waals surface area (Å²) in [5.74, 6) is 3.33. The van der Waals surface area contributed by atoms with Crippen molar-refractivity contribution in [2.24, 2.45) is 0 Å². The van der Waals surface area contributed by atoms with Crippen molar-refractivity contribution in [1.82, 2.24) is 9.97 Å². The Morgan fingerprint density at radius 3 is 2.58 bits per heavy atom. The predicted octanol–water partition coefficient (Wildman–Crippen LogP) is 2.38. The summed E-state index contributed by atoms with van der Waals surface area (Å²) in [5, 5.41) is 6.53. The second-order valence-electron chi connectivity index (χ2n) is 5.62. The summed E-state index contributed by atoms with van der Waals surface area (Å²) in [5.41, 5.74) is 0.0184. The Morgan fingerprint density at radius 2 is 2.05 bits per heavy atom. The molecule has 0 amide bonds. The minimum absolute atomic E-state index is 0.0184. The number of anilines is 2. The third kappa shape index (κ3) is 2.66. The van der Waals surface area contributed by atoms with Crippen LogP contribution in [-0.2, 0) is 4.74 Å². The smallest absolute Gasteiger partial charge is 0.136 e. The summed E-state index contributed by atoms with van der Waals surface area (Å²) >= 11 is 0. The molecule has 1 aromatic heterocycles. The van der Waals surface area contributed by atoms with Gasteiger partial charge in [-0.05, 0) is 32.1 Å². The summed E-state index contributed by atoms with van der Waals surface area (Å²) < 4.78 is 5.62. The van der Waals surface area contributed by atoms with Crippen LogP contribution in [0, 0.1) is 0 Å². The normalized spacial score (nSPS) is 20.7. The highest BCUT2D eigenvalue weighted by Crippen LogP contribution is 2.39. The third-order valence-electron chi connectivity index (χ3n) is 4.23. The average molecular weight is 262 g/mol. The number of methoxy groups -OCH3 is 1. The molecule has 0 aromatic carbocycles. The van der Waals surface area contributed by atoms with E-state index in [2.05, 4.69) is 20.6 Å². The van der Waals surface area contributed by atoms with E-state index < -0.39 is 0 Å². The first-order valence-corrected chi connectivity index (χ1v) is 7.10. The van der Waals surface area contributed by atoms with Crippen LogP contribution < -0.4 is 10.6 Å². The lowest BCUT2D eigenvalue weighted by atomic mass is 9.80. The fourth-order valence-electron chi connectivity index (χ4n) is 2.48. The molecule has 104 valence electrons. The Hall–Kier alpha value is -1.36. The Morgan fingerprint density at radius 1 is 1.32 bits per heavy atom. The van der Waals surface area contributed by atoms with E-state index in [4.69, 9.17) is 4.74 Å². The van der Waals surface area contributed by atoms with Gasteiger partial charge in [0.05, 0.1) is 5.60 Å². The number of rotatable bonds is 6. The van der Waals surface area contributed by atoms with Crippen molar-refractivity contribution >= 4 is 11.6 Å². The van der Waals surface area contributed by atoms with E-state index in [1.807, 2.05) is 13.1 Å². The number of hydrogen-bond donors (Lipinski definition) is 2. The molecule has 0 radical (unpaired) electrons. The topological polar surface area (TPSA) is 59.1 Å². The van der Waals surface area contributed by atoms with Crippen LogP contribution in [0.1, 0.15) is 43.8 Å². The van der Waals surface area contributed by atoms with Crippen molar-refractivity contribution in [2.75, 3.05) is 31.3 Å². The van der Waals surface area contributed by atoms with E-state index in [1.165, 1.54) is 19.3 Å². The van der Waals surface area contributed by atoms with Crippen molar-refractivity contribution in [2.45, 2.75) is 43.6 Å². The largest absolute Gasteiger partial charge is 0.376 e. The Bertz CT molecular complexity index is 449. The van der Waals surface area contributed by atoms with Gasteiger partial charge in [-0.3, -0.25) is 0 Å². The highest BCUT2D eigenvalue weighted by Gasteiger charge is 2.37. The quantitative estimate of drug-likeness (QED) is 0.824. The number of nitrogens with one attached hydrogen (secondary N) is 2. The summed E-state index contributed by atoms with van der Waals surface area (Å²) in [6, 6.07) is 1.97. The Kier molecular flexibility index (Phi) is 3.31. The van der Waals surface area contributed by atoms with Crippen molar-refractivity contribution in [3.63, 3.8) is 0 Å². The summed E-state index contributed by atoms with van der Waals surface area (Å²) in [7, 11) is 3.70. The monoisotopic (exact) mass is 262 g/mol. The second kappa shape index (κ2) is 4.96. The highest BCUT2D eigenvalue weighted by atomic mass is 16.5. The first-order chi connectivity index (χ1) is 9.24. The molecule has 2 aliphatic carbocycles. The van der Waals surface area contributed by atoms with Crippen molar-refractivity contribution in [3.05, 3.63) is 11.9 Å². The molecule has 0 atom stereocenters. The molecule has 0 spiro atoms. The molecule has 5 nitrogen and oxygen atoms in total. The van der Waals surface area contributed by atoms with Crippen LogP contribution in [-0.4, -0.2) is 36.3 Å². The van der Waals surface area contributed by atoms with E-state index in [0.717, 1.165) is 36.8 Å². The molecule has 1 aromatic rings. The average Bonchev–Trinajstić information content (AvgIpc) is 3.22. The molecule has 2 N–H and O–H groups in total. The highest BCUT2D eigenvalue weighted by molar-refractivity contribution is 5.48. The molecule has 3 rings (SSSR count). The summed E-state index contributed by atoms with van der Waals surface area (Å²) in [6.07, 6.45) is 5.96. The molecule has 0 unspecified atom stereocenters. The van der Waals surface area contributed by atoms with Crippen molar-refractivity contribution in [3.8, 4) is 0 Å². The molecule has 5 heteroatoms. The van der Waals surface area contributed by atoms with Crippen LogP contribution in [0.4, 0.5) is 11.6 Å². The lowest BCUT2D eigenvalue weighted by Gasteiger charge is -2.40. The van der Waals surface area contributed by atoms with Gasteiger partial charge in [-0.25, -0.2) is 9.97 Å². The minimum Gasteiger partial charge on any atom is -0.376 e. The van der Waals surface area contributed by atoms with Gasteiger partial charge in [-0.1, -0.05) is 0 Å². The molecule has 0 aliphatic heterocycles. The number of ether oxygens (including phenoxy) is 1. The molecular formula is C14H22N4O. The van der Waals surface area contributed by atoms with E-state index in [-0.39, 0.29) is 5.60 Å². The standard InChI is InChI=1S/C14H22N4O/c1-15-11-8-12(18-13(17-11)10-4-5-10)16-9-14(19-2)6-3-7-14/h8,10H,3-7,9H2,1-2H3,(H2,15,16,17,18). The lowest BCUT2D eigenvalue weighted by Crippen LogP contribution is -2.45. The van der Waals surface area contributed by atoms with Crippen LogP contribution in [0.5, 0.6) is 0 Å². The Balaban J connectivity index is 1.70. The SMILES string of the molecule is CNc1cc(NCC2(OC)CCC2)nc(C2CC2)n1. The van der Waals surface area contributed by atoms with E-state index in [9.17, 15) is 0 Å². The van der Waals surface area contributed by atoms with Crippen molar-refractivity contribution < 1.29 is 4.74 Å². The molecule has 1 heterocycles. The first kappa shape index (κ1) is 12.7. The lowest BCUT2D eigenvalue weighted by molar-refractivity contribution is -0.0601. The molecule has 0 saturated heterocycles. The predicted molar refractivity (Wildman–Crippen MR) is 75.6 cm³/mol. The summed E-state index contributed by atoms with van der Waals surface area (Å²) in [6.45, 7) is 0.827. The van der Waals surface area contributed by atoms with Gasteiger partial charge in [0, 0.05) is 32.7 Å². The number of hydrogen-bond acceptors (Lipinski definition) is 5. The summed E-state index contributed by atoms with van der Waals surface area (Å²) in [4.78, 5) is 9.14. The van der Waals surface area contributed by atoms with Crippen LogP contribution in [0.3, 0.4) is 0 Å². The Labute approximate surface area is 114 Å². The van der Waals surface area contributed by atoms with E-state index in [1.54, 1.807) is 7.11 Å².